The maximum absolute atomic E-state index is 13.0. The second-order valence-corrected chi connectivity index (χ2v) is 8.56. The summed E-state index contributed by atoms with van der Waals surface area (Å²) >= 11 is 0. The Kier molecular flexibility index (Phi) is 5.38. The lowest BCUT2D eigenvalue weighted by molar-refractivity contribution is -0.142. The Morgan fingerprint density at radius 3 is 2.43 bits per heavy atom. The van der Waals surface area contributed by atoms with E-state index in [4.69, 9.17) is 0 Å². The molecule has 2 aliphatic carbocycles. The molecule has 3 aliphatic rings. The zero-order chi connectivity index (χ0) is 19.7. The number of likely N-dealkylation sites (tertiary alicyclic amines) is 1. The van der Waals surface area contributed by atoms with Crippen molar-refractivity contribution in [2.24, 2.45) is 23.7 Å². The van der Waals surface area contributed by atoms with Gasteiger partial charge in [0.05, 0.1) is 5.92 Å². The molecule has 1 aromatic rings. The molecule has 1 aromatic carbocycles. The standard InChI is InChI=1S/C22H28N2O4/c25-20(15-5-2-1-3-6-15)23-17-8-4-7-16(11-17)21(26)24-12-18(14-9-10-14)19(13-24)22(27)28/h4,7-8,11,14-15,18-19H,1-3,5-6,9-10,12-13H2,(H,23,25)(H,27,28)/t18-,19+/m1/s1. The van der Waals surface area contributed by atoms with Crippen LogP contribution in [-0.4, -0.2) is 40.9 Å². The fourth-order valence-electron chi connectivity index (χ4n) is 4.78. The molecule has 1 aliphatic heterocycles. The number of rotatable bonds is 5. The smallest absolute Gasteiger partial charge is 0.308 e. The van der Waals surface area contributed by atoms with Gasteiger partial charge in [-0.25, -0.2) is 0 Å². The molecular formula is C22H28N2O4. The molecule has 0 aromatic heterocycles. The van der Waals surface area contributed by atoms with Crippen molar-refractivity contribution in [1.29, 1.82) is 0 Å². The Bertz CT molecular complexity index is 768. The van der Waals surface area contributed by atoms with Crippen LogP contribution in [0, 0.1) is 23.7 Å². The van der Waals surface area contributed by atoms with Gasteiger partial charge < -0.3 is 15.3 Å². The summed E-state index contributed by atoms with van der Waals surface area (Å²) in [4.78, 5) is 38.7. The zero-order valence-electron chi connectivity index (χ0n) is 16.1. The van der Waals surface area contributed by atoms with E-state index in [0.717, 1.165) is 38.5 Å². The fourth-order valence-corrected chi connectivity index (χ4v) is 4.78. The highest BCUT2D eigenvalue weighted by Gasteiger charge is 2.46. The normalized spacial score (nSPS) is 25.5. The third kappa shape index (κ3) is 4.05. The van der Waals surface area contributed by atoms with Crippen LogP contribution in [0.2, 0.25) is 0 Å². The van der Waals surface area contributed by atoms with Gasteiger partial charge in [0.2, 0.25) is 5.91 Å². The van der Waals surface area contributed by atoms with E-state index < -0.39 is 11.9 Å². The lowest BCUT2D eigenvalue weighted by atomic mass is 9.88. The molecule has 0 bridgehead atoms. The average molecular weight is 384 g/mol. The lowest BCUT2D eigenvalue weighted by Gasteiger charge is -2.21. The molecule has 2 amide bonds. The van der Waals surface area contributed by atoms with Crippen LogP contribution < -0.4 is 5.32 Å². The van der Waals surface area contributed by atoms with Gasteiger partial charge in [0.25, 0.3) is 5.91 Å². The first-order valence-corrected chi connectivity index (χ1v) is 10.5. The topological polar surface area (TPSA) is 86.7 Å². The molecule has 28 heavy (non-hydrogen) atoms. The number of nitrogens with one attached hydrogen (secondary N) is 1. The van der Waals surface area contributed by atoms with Crippen LogP contribution >= 0.6 is 0 Å². The van der Waals surface area contributed by atoms with Crippen LogP contribution in [0.1, 0.15) is 55.3 Å². The summed E-state index contributed by atoms with van der Waals surface area (Å²) in [6.07, 6.45) is 7.38. The molecule has 2 atom stereocenters. The second-order valence-electron chi connectivity index (χ2n) is 8.56. The maximum atomic E-state index is 13.0. The van der Waals surface area contributed by atoms with Crippen LogP contribution in [-0.2, 0) is 9.59 Å². The molecule has 0 spiro atoms. The maximum Gasteiger partial charge on any atom is 0.308 e. The predicted molar refractivity (Wildman–Crippen MR) is 105 cm³/mol. The largest absolute Gasteiger partial charge is 0.481 e. The summed E-state index contributed by atoms with van der Waals surface area (Å²) in [6, 6.07) is 7.02. The van der Waals surface area contributed by atoms with Crippen LogP contribution in [0.25, 0.3) is 0 Å². The van der Waals surface area contributed by atoms with Gasteiger partial charge >= 0.3 is 5.97 Å². The summed E-state index contributed by atoms with van der Waals surface area (Å²) < 4.78 is 0. The zero-order valence-corrected chi connectivity index (χ0v) is 16.1. The molecule has 3 fully saturated rings. The molecular weight excluding hydrogens is 356 g/mol. The number of hydrogen-bond acceptors (Lipinski definition) is 3. The quantitative estimate of drug-likeness (QED) is 0.815. The SMILES string of the molecule is O=C(Nc1cccc(C(=O)N2C[C@H](C(=O)O)[C@@H](C3CC3)C2)c1)C1CCCCC1. The molecule has 2 N–H and O–H groups in total. The van der Waals surface area contributed by atoms with Crippen molar-refractivity contribution in [1.82, 2.24) is 4.90 Å². The van der Waals surface area contributed by atoms with Crippen molar-refractivity contribution >= 4 is 23.5 Å². The fraction of sp³-hybridized carbons (Fsp3) is 0.591. The number of anilines is 1. The number of aliphatic carboxylic acids is 1. The van der Waals surface area contributed by atoms with E-state index in [-0.39, 0.29) is 30.2 Å². The molecule has 4 rings (SSSR count). The van der Waals surface area contributed by atoms with E-state index >= 15 is 0 Å². The number of amides is 2. The Balaban J connectivity index is 1.43. The highest BCUT2D eigenvalue weighted by atomic mass is 16.4. The lowest BCUT2D eigenvalue weighted by Crippen LogP contribution is -2.30. The van der Waals surface area contributed by atoms with Gasteiger partial charge in [0.1, 0.15) is 0 Å². The second kappa shape index (κ2) is 7.94. The minimum Gasteiger partial charge on any atom is -0.481 e. The number of carbonyl (C=O) groups is 3. The van der Waals surface area contributed by atoms with Gasteiger partial charge in [-0.3, -0.25) is 14.4 Å². The average Bonchev–Trinajstić information content (AvgIpc) is 3.46. The molecule has 1 heterocycles. The molecule has 0 unspecified atom stereocenters. The van der Waals surface area contributed by atoms with Crippen molar-refractivity contribution in [3.63, 3.8) is 0 Å². The van der Waals surface area contributed by atoms with E-state index in [1.54, 1.807) is 29.2 Å². The summed E-state index contributed by atoms with van der Waals surface area (Å²) in [5.74, 6) is -0.822. The van der Waals surface area contributed by atoms with Crippen LogP contribution in [0.15, 0.2) is 24.3 Å². The Morgan fingerprint density at radius 2 is 1.75 bits per heavy atom. The summed E-state index contributed by atoms with van der Waals surface area (Å²) in [7, 11) is 0. The van der Waals surface area contributed by atoms with Crippen LogP contribution in [0.4, 0.5) is 5.69 Å². The molecule has 0 radical (unpaired) electrons. The molecule has 6 nitrogen and oxygen atoms in total. The van der Waals surface area contributed by atoms with Gasteiger partial charge in [-0.15, -0.1) is 0 Å². The van der Waals surface area contributed by atoms with Gasteiger partial charge in [-0.05, 0) is 55.7 Å². The minimum absolute atomic E-state index is 0.0326. The van der Waals surface area contributed by atoms with E-state index in [9.17, 15) is 19.5 Å². The molecule has 6 heteroatoms. The monoisotopic (exact) mass is 384 g/mol. The van der Waals surface area contributed by atoms with Crippen LogP contribution in [0.5, 0.6) is 0 Å². The number of hydrogen-bond donors (Lipinski definition) is 2. The molecule has 2 saturated carbocycles. The van der Waals surface area contributed by atoms with E-state index in [1.165, 1.54) is 6.42 Å². The Morgan fingerprint density at radius 1 is 1.00 bits per heavy atom. The van der Waals surface area contributed by atoms with E-state index in [1.807, 2.05) is 0 Å². The Labute approximate surface area is 165 Å². The van der Waals surface area contributed by atoms with Gasteiger partial charge in [0.15, 0.2) is 0 Å². The number of carbonyl (C=O) groups excluding carboxylic acids is 2. The summed E-state index contributed by atoms with van der Waals surface area (Å²) in [5.41, 5.74) is 1.14. The van der Waals surface area contributed by atoms with E-state index in [2.05, 4.69) is 5.32 Å². The highest BCUT2D eigenvalue weighted by molar-refractivity contribution is 5.98. The first-order valence-electron chi connectivity index (χ1n) is 10.5. The van der Waals surface area contributed by atoms with E-state index in [0.29, 0.717) is 23.7 Å². The number of carboxylic acid groups (broad SMARTS) is 1. The Hall–Kier alpha value is -2.37. The molecule has 1 saturated heterocycles. The van der Waals surface area contributed by atoms with Crippen molar-refractivity contribution in [3.8, 4) is 0 Å². The highest BCUT2D eigenvalue weighted by Crippen LogP contribution is 2.44. The molecule has 150 valence electrons. The minimum atomic E-state index is -0.805. The summed E-state index contributed by atoms with van der Waals surface area (Å²) in [5, 5.41) is 12.5. The first-order chi connectivity index (χ1) is 13.5. The van der Waals surface area contributed by atoms with Crippen molar-refractivity contribution in [2.45, 2.75) is 44.9 Å². The van der Waals surface area contributed by atoms with Gasteiger partial charge in [-0.2, -0.15) is 0 Å². The summed E-state index contributed by atoms with van der Waals surface area (Å²) in [6.45, 7) is 0.785. The third-order valence-corrected chi connectivity index (χ3v) is 6.55. The third-order valence-electron chi connectivity index (χ3n) is 6.55. The van der Waals surface area contributed by atoms with Crippen molar-refractivity contribution in [2.75, 3.05) is 18.4 Å². The van der Waals surface area contributed by atoms with Crippen molar-refractivity contribution in [3.05, 3.63) is 29.8 Å². The predicted octanol–water partition coefficient (Wildman–Crippen LogP) is 3.39. The number of benzene rings is 1. The van der Waals surface area contributed by atoms with Crippen LogP contribution in [0.3, 0.4) is 0 Å². The number of carboxylic acids is 1. The van der Waals surface area contributed by atoms with Gasteiger partial charge in [0, 0.05) is 30.3 Å². The van der Waals surface area contributed by atoms with Crippen molar-refractivity contribution < 1.29 is 19.5 Å². The first kappa shape index (κ1) is 19.0. The number of nitrogens with zero attached hydrogens (tertiary/aromatic N) is 1. The van der Waals surface area contributed by atoms with Gasteiger partial charge in [-0.1, -0.05) is 25.3 Å².